The second kappa shape index (κ2) is 11.7. The molecule has 53 heavy (non-hydrogen) atoms. The monoisotopic (exact) mass is 677 g/mol. The summed E-state index contributed by atoms with van der Waals surface area (Å²) in [5.41, 5.74) is 11.3. The molecule has 0 saturated carbocycles. The van der Waals surface area contributed by atoms with Crippen molar-refractivity contribution in [1.29, 1.82) is 0 Å². The zero-order chi connectivity index (χ0) is 34.9. The molecule has 248 valence electrons. The Hall–Kier alpha value is -7.10. The lowest BCUT2D eigenvalue weighted by atomic mass is 9.98. The molecule has 9 aromatic carbocycles. The Morgan fingerprint density at radius 3 is 1.77 bits per heavy atom. The van der Waals surface area contributed by atoms with Crippen molar-refractivity contribution < 1.29 is 8.83 Å². The quantitative estimate of drug-likeness (QED) is 0.182. The lowest BCUT2D eigenvalue weighted by molar-refractivity contribution is 0.669. The van der Waals surface area contributed by atoms with Gasteiger partial charge in [-0.25, -0.2) is 0 Å². The molecule has 0 N–H and O–H groups in total. The Labute approximate surface area is 305 Å². The van der Waals surface area contributed by atoms with Crippen LogP contribution in [-0.2, 0) is 0 Å². The van der Waals surface area contributed by atoms with E-state index in [1.807, 2.05) is 12.1 Å². The van der Waals surface area contributed by atoms with Gasteiger partial charge in [0.25, 0.3) is 0 Å². The highest BCUT2D eigenvalue weighted by Gasteiger charge is 2.20. The van der Waals surface area contributed by atoms with Crippen molar-refractivity contribution in [2.24, 2.45) is 0 Å². The molecule has 0 fully saturated rings. The SMILES string of the molecule is c1ccc2cc(-c3ccc(N(c4ccc(-c5cccc6oc7c8ccccc8ccc7c56)cc4)c4cccc5c4oc4ccccc45)cc3)ccc2c1. The van der Waals surface area contributed by atoms with Gasteiger partial charge in [0.1, 0.15) is 16.7 Å². The molecule has 3 nitrogen and oxygen atoms in total. The fourth-order valence-electron chi connectivity index (χ4n) is 8.09. The Morgan fingerprint density at radius 2 is 0.943 bits per heavy atom. The number of anilines is 3. The van der Waals surface area contributed by atoms with Crippen LogP contribution in [0.5, 0.6) is 0 Å². The van der Waals surface area contributed by atoms with Gasteiger partial charge >= 0.3 is 0 Å². The second-order valence-electron chi connectivity index (χ2n) is 13.7. The van der Waals surface area contributed by atoms with Gasteiger partial charge in [0.15, 0.2) is 5.58 Å². The minimum absolute atomic E-state index is 0.859. The van der Waals surface area contributed by atoms with Gasteiger partial charge < -0.3 is 13.7 Å². The van der Waals surface area contributed by atoms with Gasteiger partial charge in [0.2, 0.25) is 0 Å². The number of benzene rings is 9. The average Bonchev–Trinajstić information content (AvgIpc) is 3.81. The zero-order valence-electron chi connectivity index (χ0n) is 28.7. The van der Waals surface area contributed by atoms with Crippen LogP contribution in [-0.4, -0.2) is 0 Å². The fourth-order valence-corrected chi connectivity index (χ4v) is 8.09. The van der Waals surface area contributed by atoms with Crippen molar-refractivity contribution in [3.05, 3.63) is 188 Å². The van der Waals surface area contributed by atoms with Gasteiger partial charge in [-0.1, -0.05) is 133 Å². The number of rotatable bonds is 5. The number of furan rings is 2. The van der Waals surface area contributed by atoms with E-state index in [0.717, 1.165) is 77.5 Å². The normalized spacial score (nSPS) is 11.8. The topological polar surface area (TPSA) is 29.5 Å². The lowest BCUT2D eigenvalue weighted by Crippen LogP contribution is -2.10. The van der Waals surface area contributed by atoms with Gasteiger partial charge in [-0.3, -0.25) is 0 Å². The van der Waals surface area contributed by atoms with E-state index in [4.69, 9.17) is 8.83 Å². The van der Waals surface area contributed by atoms with Crippen molar-refractivity contribution in [3.63, 3.8) is 0 Å². The highest BCUT2D eigenvalue weighted by molar-refractivity contribution is 6.19. The van der Waals surface area contributed by atoms with Crippen molar-refractivity contribution in [1.82, 2.24) is 0 Å². The van der Waals surface area contributed by atoms with Gasteiger partial charge in [-0.15, -0.1) is 0 Å². The number of hydrogen-bond donors (Lipinski definition) is 0. The molecule has 0 atom stereocenters. The Morgan fingerprint density at radius 1 is 0.340 bits per heavy atom. The van der Waals surface area contributed by atoms with Crippen LogP contribution in [0.1, 0.15) is 0 Å². The third-order valence-electron chi connectivity index (χ3n) is 10.7. The van der Waals surface area contributed by atoms with Crippen LogP contribution in [0.4, 0.5) is 17.1 Å². The molecule has 0 aliphatic rings. The van der Waals surface area contributed by atoms with Crippen LogP contribution < -0.4 is 4.90 Å². The zero-order valence-corrected chi connectivity index (χ0v) is 28.7. The van der Waals surface area contributed by atoms with Crippen molar-refractivity contribution in [2.45, 2.75) is 0 Å². The van der Waals surface area contributed by atoms with Crippen molar-refractivity contribution in [3.8, 4) is 22.3 Å². The molecule has 2 aromatic heterocycles. The predicted molar refractivity (Wildman–Crippen MR) is 222 cm³/mol. The van der Waals surface area contributed by atoms with E-state index in [9.17, 15) is 0 Å². The molecular weight excluding hydrogens is 647 g/mol. The molecule has 0 aliphatic heterocycles. The highest BCUT2D eigenvalue weighted by Crippen LogP contribution is 2.44. The van der Waals surface area contributed by atoms with Crippen LogP contribution in [0, 0.1) is 0 Å². The first-order valence-electron chi connectivity index (χ1n) is 18.0. The first kappa shape index (κ1) is 29.6. The van der Waals surface area contributed by atoms with E-state index in [1.165, 1.54) is 27.3 Å². The molecule has 0 amide bonds. The average molecular weight is 678 g/mol. The van der Waals surface area contributed by atoms with Gasteiger partial charge in [0, 0.05) is 38.3 Å². The Kier molecular flexibility index (Phi) is 6.55. The fraction of sp³-hybridized carbons (Fsp3) is 0. The Bertz CT molecular complexity index is 3170. The minimum atomic E-state index is 0.859. The van der Waals surface area contributed by atoms with Crippen LogP contribution in [0.15, 0.2) is 197 Å². The first-order valence-corrected chi connectivity index (χ1v) is 18.0. The van der Waals surface area contributed by atoms with E-state index in [0.29, 0.717) is 0 Å². The molecule has 0 aliphatic carbocycles. The molecule has 11 rings (SSSR count). The number of nitrogens with zero attached hydrogens (tertiary/aromatic N) is 1. The van der Waals surface area contributed by atoms with E-state index < -0.39 is 0 Å². The van der Waals surface area contributed by atoms with E-state index >= 15 is 0 Å². The summed E-state index contributed by atoms with van der Waals surface area (Å²) in [6.45, 7) is 0. The van der Waals surface area contributed by atoms with E-state index in [2.05, 4.69) is 181 Å². The van der Waals surface area contributed by atoms with Crippen molar-refractivity contribution >= 4 is 82.5 Å². The van der Waals surface area contributed by atoms with Gasteiger partial charge in [-0.05, 0) is 93.0 Å². The van der Waals surface area contributed by atoms with E-state index in [-0.39, 0.29) is 0 Å². The Balaban J connectivity index is 1.05. The standard InChI is InChI=1S/C50H31NO2/c1-2-11-36-31-37(20-19-32(36)9-1)33-21-26-38(27-22-33)51(45-16-7-15-43-42-13-5-6-17-46(42)52-50(43)45)39-28-23-35(24-29-39)40-14-8-18-47-48(40)44-30-25-34-10-3-4-12-41(34)49(44)53-47/h1-31H. The maximum absolute atomic E-state index is 6.59. The minimum Gasteiger partial charge on any atom is -0.455 e. The van der Waals surface area contributed by atoms with Gasteiger partial charge in [-0.2, -0.15) is 0 Å². The van der Waals surface area contributed by atoms with Gasteiger partial charge in [0.05, 0.1) is 5.69 Å². The molecule has 11 aromatic rings. The number of fused-ring (bicyclic) bond motifs is 9. The molecule has 0 bridgehead atoms. The molecule has 2 heterocycles. The second-order valence-corrected chi connectivity index (χ2v) is 13.7. The summed E-state index contributed by atoms with van der Waals surface area (Å²) in [5, 5.41) is 9.25. The van der Waals surface area contributed by atoms with Crippen LogP contribution >= 0.6 is 0 Å². The summed E-state index contributed by atoms with van der Waals surface area (Å²) in [7, 11) is 0. The van der Waals surface area contributed by atoms with Crippen LogP contribution in [0.25, 0.3) is 87.7 Å². The third-order valence-corrected chi connectivity index (χ3v) is 10.7. The summed E-state index contributed by atoms with van der Waals surface area (Å²) in [6.07, 6.45) is 0. The van der Waals surface area contributed by atoms with Crippen LogP contribution in [0.3, 0.4) is 0 Å². The molecule has 0 saturated heterocycles. The summed E-state index contributed by atoms with van der Waals surface area (Å²) >= 11 is 0. The number of para-hydroxylation sites is 2. The highest BCUT2D eigenvalue weighted by atomic mass is 16.3. The smallest absolute Gasteiger partial charge is 0.159 e. The predicted octanol–water partition coefficient (Wildman–Crippen LogP) is 14.6. The number of hydrogen-bond acceptors (Lipinski definition) is 3. The van der Waals surface area contributed by atoms with E-state index in [1.54, 1.807) is 0 Å². The summed E-state index contributed by atoms with van der Waals surface area (Å²) < 4.78 is 13.1. The first-order chi connectivity index (χ1) is 26.3. The molecule has 0 spiro atoms. The summed E-state index contributed by atoms with van der Waals surface area (Å²) in [4.78, 5) is 2.30. The molecule has 0 unspecified atom stereocenters. The lowest BCUT2D eigenvalue weighted by Gasteiger charge is -2.26. The molecule has 0 radical (unpaired) electrons. The molecule has 3 heteroatoms. The largest absolute Gasteiger partial charge is 0.455 e. The van der Waals surface area contributed by atoms with Crippen LogP contribution in [0.2, 0.25) is 0 Å². The third kappa shape index (κ3) is 4.75. The maximum Gasteiger partial charge on any atom is 0.159 e. The maximum atomic E-state index is 6.59. The summed E-state index contributed by atoms with van der Waals surface area (Å²) in [5.74, 6) is 0. The van der Waals surface area contributed by atoms with Crippen molar-refractivity contribution in [2.75, 3.05) is 4.90 Å². The summed E-state index contributed by atoms with van der Waals surface area (Å²) in [6, 6.07) is 66.7. The molecular formula is C50H31NO2.